The Kier molecular flexibility index (Phi) is 5.42. The van der Waals surface area contributed by atoms with Crippen molar-refractivity contribution < 1.29 is 19.0 Å². The zero-order chi connectivity index (χ0) is 18.8. The molecule has 0 aromatic heterocycles. The molecule has 0 amide bonds. The highest BCUT2D eigenvalue weighted by Crippen LogP contribution is 2.33. The predicted octanol–water partition coefficient (Wildman–Crippen LogP) is 4.72. The van der Waals surface area contributed by atoms with Gasteiger partial charge >= 0.3 is 5.97 Å². The molecule has 3 rings (SSSR count). The van der Waals surface area contributed by atoms with Crippen molar-refractivity contribution in [2.24, 2.45) is 0 Å². The van der Waals surface area contributed by atoms with E-state index in [9.17, 15) is 14.3 Å². The van der Waals surface area contributed by atoms with E-state index < -0.39 is 17.9 Å². The molecule has 0 saturated heterocycles. The number of aliphatic hydroxyl groups is 1. The Labute approximate surface area is 153 Å². The molecule has 1 aliphatic rings. The summed E-state index contributed by atoms with van der Waals surface area (Å²) in [6, 6.07) is 11.7. The molecule has 2 aromatic rings. The highest BCUT2D eigenvalue weighted by molar-refractivity contribution is 5.93. The number of rotatable bonds is 5. The van der Waals surface area contributed by atoms with Crippen molar-refractivity contribution in [2.75, 3.05) is 0 Å². The van der Waals surface area contributed by atoms with Crippen molar-refractivity contribution in [3.8, 4) is 0 Å². The van der Waals surface area contributed by atoms with Crippen LogP contribution in [0.1, 0.15) is 71.8 Å². The Hall–Kier alpha value is -2.20. The van der Waals surface area contributed by atoms with E-state index in [1.165, 1.54) is 12.5 Å². The molecule has 0 saturated carbocycles. The lowest BCUT2D eigenvalue weighted by atomic mass is 9.86. The maximum atomic E-state index is 14.6. The van der Waals surface area contributed by atoms with Crippen molar-refractivity contribution in [2.45, 2.75) is 58.2 Å². The minimum atomic E-state index is -0.966. The van der Waals surface area contributed by atoms with Gasteiger partial charge in [0.2, 0.25) is 0 Å². The highest BCUT2D eigenvalue weighted by Gasteiger charge is 2.34. The number of hydrogen-bond acceptors (Lipinski definition) is 3. The monoisotopic (exact) mass is 356 g/mol. The number of benzene rings is 2. The van der Waals surface area contributed by atoms with E-state index in [1.807, 2.05) is 6.92 Å². The van der Waals surface area contributed by atoms with E-state index in [1.54, 1.807) is 12.1 Å². The van der Waals surface area contributed by atoms with E-state index in [-0.39, 0.29) is 23.1 Å². The Morgan fingerprint density at radius 2 is 1.88 bits per heavy atom. The van der Waals surface area contributed by atoms with Crippen molar-refractivity contribution in [3.05, 3.63) is 70.0 Å². The average molecular weight is 356 g/mol. The molecular formula is C22H25FO3. The van der Waals surface area contributed by atoms with Gasteiger partial charge in [-0.25, -0.2) is 9.18 Å². The van der Waals surface area contributed by atoms with E-state index in [0.29, 0.717) is 12.0 Å². The second-order valence-electron chi connectivity index (χ2n) is 7.11. The Morgan fingerprint density at radius 3 is 2.50 bits per heavy atom. The summed E-state index contributed by atoms with van der Waals surface area (Å²) in [5.74, 6) is -1.30. The second kappa shape index (κ2) is 7.58. The van der Waals surface area contributed by atoms with Crippen LogP contribution < -0.4 is 0 Å². The van der Waals surface area contributed by atoms with Crippen LogP contribution in [0.3, 0.4) is 0 Å². The van der Waals surface area contributed by atoms with Crippen LogP contribution in [0.2, 0.25) is 0 Å². The lowest BCUT2D eigenvalue weighted by molar-refractivity contribution is 0.0193. The molecule has 1 aliphatic heterocycles. The van der Waals surface area contributed by atoms with Crippen molar-refractivity contribution in [3.63, 3.8) is 0 Å². The minimum absolute atomic E-state index is 0.0160. The van der Waals surface area contributed by atoms with Gasteiger partial charge in [-0.2, -0.15) is 0 Å². The fourth-order valence-electron chi connectivity index (χ4n) is 3.57. The van der Waals surface area contributed by atoms with Gasteiger partial charge in [0, 0.05) is 17.9 Å². The summed E-state index contributed by atoms with van der Waals surface area (Å²) in [6.45, 7) is 5.65. The van der Waals surface area contributed by atoms with E-state index in [2.05, 4.69) is 31.2 Å². The zero-order valence-corrected chi connectivity index (χ0v) is 15.5. The minimum Gasteiger partial charge on any atom is -0.458 e. The number of esters is 1. The summed E-state index contributed by atoms with van der Waals surface area (Å²) < 4.78 is 20.1. The zero-order valence-electron chi connectivity index (χ0n) is 15.5. The second-order valence-corrected chi connectivity index (χ2v) is 7.11. The molecular weight excluding hydrogens is 331 g/mol. The molecule has 2 aromatic carbocycles. The molecule has 1 N–H and O–H groups in total. The third-order valence-electron chi connectivity index (χ3n) is 5.19. The smallest absolute Gasteiger partial charge is 0.341 e. The normalized spacial score (nSPS) is 18.8. The number of carbonyl (C=O) groups is 1. The third-order valence-corrected chi connectivity index (χ3v) is 5.19. The van der Waals surface area contributed by atoms with E-state index in [4.69, 9.17) is 4.74 Å². The summed E-state index contributed by atoms with van der Waals surface area (Å²) in [6.07, 6.45) is 1.32. The quantitative estimate of drug-likeness (QED) is 0.789. The van der Waals surface area contributed by atoms with Crippen LogP contribution in [0.25, 0.3) is 0 Å². The first kappa shape index (κ1) is 18.6. The molecule has 3 unspecified atom stereocenters. The summed E-state index contributed by atoms with van der Waals surface area (Å²) in [5, 5.41) is 9.65. The SMILES string of the molecule is CCCc1ccc(C(C)C2Cc3ccc(C(C)O)c(F)c3C(=O)O2)cc1. The Balaban J connectivity index is 1.84. The molecule has 0 aliphatic carbocycles. The number of halogens is 1. The first-order chi connectivity index (χ1) is 12.4. The molecule has 26 heavy (non-hydrogen) atoms. The predicted molar refractivity (Wildman–Crippen MR) is 98.8 cm³/mol. The molecule has 0 radical (unpaired) electrons. The van der Waals surface area contributed by atoms with Gasteiger partial charge in [-0.1, -0.05) is 56.7 Å². The summed E-state index contributed by atoms with van der Waals surface area (Å²) in [4.78, 5) is 12.4. The molecule has 3 nitrogen and oxygen atoms in total. The summed E-state index contributed by atoms with van der Waals surface area (Å²) >= 11 is 0. The lowest BCUT2D eigenvalue weighted by Crippen LogP contribution is -2.33. The molecule has 0 spiro atoms. The first-order valence-electron chi connectivity index (χ1n) is 9.21. The van der Waals surface area contributed by atoms with Gasteiger partial charge in [0.15, 0.2) is 0 Å². The number of fused-ring (bicyclic) bond motifs is 1. The van der Waals surface area contributed by atoms with Crippen LogP contribution in [0.5, 0.6) is 0 Å². The number of carbonyl (C=O) groups excluding carboxylic acids is 1. The van der Waals surface area contributed by atoms with Crippen LogP contribution in [-0.2, 0) is 17.6 Å². The van der Waals surface area contributed by atoms with Crippen molar-refractivity contribution in [1.29, 1.82) is 0 Å². The number of aliphatic hydroxyl groups excluding tert-OH is 1. The van der Waals surface area contributed by atoms with E-state index >= 15 is 0 Å². The fraction of sp³-hybridized carbons (Fsp3) is 0.409. The van der Waals surface area contributed by atoms with Crippen molar-refractivity contribution >= 4 is 5.97 Å². The number of ether oxygens (including phenoxy) is 1. The average Bonchev–Trinajstić information content (AvgIpc) is 2.61. The first-order valence-corrected chi connectivity index (χ1v) is 9.21. The van der Waals surface area contributed by atoms with Gasteiger partial charge in [0.05, 0.1) is 11.7 Å². The Morgan fingerprint density at radius 1 is 1.19 bits per heavy atom. The molecule has 138 valence electrons. The van der Waals surface area contributed by atoms with Crippen LogP contribution >= 0.6 is 0 Å². The summed E-state index contributed by atoms with van der Waals surface area (Å²) in [7, 11) is 0. The van der Waals surface area contributed by atoms with Gasteiger partial charge in [-0.05, 0) is 30.0 Å². The molecule has 0 fully saturated rings. The van der Waals surface area contributed by atoms with Gasteiger partial charge in [-0.15, -0.1) is 0 Å². The lowest BCUT2D eigenvalue weighted by Gasteiger charge is -2.30. The molecule has 4 heteroatoms. The highest BCUT2D eigenvalue weighted by atomic mass is 19.1. The largest absolute Gasteiger partial charge is 0.458 e. The van der Waals surface area contributed by atoms with Crippen molar-refractivity contribution in [1.82, 2.24) is 0 Å². The van der Waals surface area contributed by atoms with Gasteiger partial charge < -0.3 is 9.84 Å². The molecule has 3 atom stereocenters. The van der Waals surface area contributed by atoms with Crippen LogP contribution in [0.4, 0.5) is 4.39 Å². The van der Waals surface area contributed by atoms with E-state index in [0.717, 1.165) is 18.4 Å². The Bertz CT molecular complexity index is 796. The fourth-order valence-corrected chi connectivity index (χ4v) is 3.57. The maximum absolute atomic E-state index is 14.6. The third kappa shape index (κ3) is 3.51. The number of cyclic esters (lactones) is 1. The van der Waals surface area contributed by atoms with Gasteiger partial charge in [0.1, 0.15) is 11.9 Å². The maximum Gasteiger partial charge on any atom is 0.341 e. The van der Waals surface area contributed by atoms with Gasteiger partial charge in [0.25, 0.3) is 0 Å². The standard InChI is InChI=1S/C22H25FO3/c1-4-5-15-6-8-16(9-7-15)13(2)19-12-17-10-11-18(14(3)24)21(23)20(17)22(25)26-19/h6-11,13-14,19,24H,4-5,12H2,1-3H3. The topological polar surface area (TPSA) is 46.5 Å². The van der Waals surface area contributed by atoms with Crippen LogP contribution in [0.15, 0.2) is 36.4 Å². The molecule has 0 bridgehead atoms. The number of aryl methyl sites for hydroxylation is 1. The summed E-state index contributed by atoms with van der Waals surface area (Å²) in [5.41, 5.74) is 3.13. The number of hydrogen-bond donors (Lipinski definition) is 1. The van der Waals surface area contributed by atoms with Crippen LogP contribution in [-0.4, -0.2) is 17.2 Å². The van der Waals surface area contributed by atoms with Crippen LogP contribution in [0, 0.1) is 5.82 Å². The molecule has 1 heterocycles. The van der Waals surface area contributed by atoms with Gasteiger partial charge in [-0.3, -0.25) is 0 Å².